The van der Waals surface area contributed by atoms with E-state index in [-0.39, 0.29) is 0 Å². The largest absolute Gasteiger partial charge is 0.351 e. The molecule has 1 fully saturated rings. The van der Waals surface area contributed by atoms with Crippen LogP contribution in [0.2, 0.25) is 0 Å². The highest BCUT2D eigenvalue weighted by Gasteiger charge is 2.31. The van der Waals surface area contributed by atoms with Crippen molar-refractivity contribution >= 4 is 35.0 Å². The number of hydrogen-bond donors (Lipinski definition) is 1. The SMILES string of the molecule is CN1CCN(C2=NC=C(c3ccsc3)N3NC=NN=C23)CC1. The molecule has 1 saturated heterocycles. The number of nitrogens with zero attached hydrogens (tertiary/aromatic N) is 6. The van der Waals surface area contributed by atoms with Gasteiger partial charge >= 0.3 is 0 Å². The summed E-state index contributed by atoms with van der Waals surface area (Å²) < 4.78 is 0. The Balaban J connectivity index is 1.69. The summed E-state index contributed by atoms with van der Waals surface area (Å²) in [6.45, 7) is 3.97. The predicted octanol–water partition coefficient (Wildman–Crippen LogP) is 0.868. The minimum absolute atomic E-state index is 0.760. The van der Waals surface area contributed by atoms with Crippen LogP contribution in [0.4, 0.5) is 0 Å². The summed E-state index contributed by atoms with van der Waals surface area (Å²) in [6.07, 6.45) is 3.50. The van der Waals surface area contributed by atoms with Crippen LogP contribution in [0.1, 0.15) is 5.56 Å². The first-order chi connectivity index (χ1) is 10.8. The van der Waals surface area contributed by atoms with Gasteiger partial charge in [-0.15, -0.1) is 10.2 Å². The summed E-state index contributed by atoms with van der Waals surface area (Å²) in [5, 5.41) is 14.4. The third kappa shape index (κ3) is 2.30. The van der Waals surface area contributed by atoms with Gasteiger partial charge in [-0.1, -0.05) is 0 Å². The Morgan fingerprint density at radius 3 is 2.82 bits per heavy atom. The number of amidine groups is 2. The van der Waals surface area contributed by atoms with Gasteiger partial charge in [0.15, 0.2) is 5.84 Å². The fourth-order valence-electron chi connectivity index (χ4n) is 2.69. The maximum absolute atomic E-state index is 4.68. The van der Waals surface area contributed by atoms with Crippen LogP contribution in [0, 0.1) is 0 Å². The van der Waals surface area contributed by atoms with Crippen molar-refractivity contribution in [1.29, 1.82) is 0 Å². The lowest BCUT2D eigenvalue weighted by molar-refractivity contribution is 0.216. The van der Waals surface area contributed by atoms with Crippen molar-refractivity contribution in [3.63, 3.8) is 0 Å². The van der Waals surface area contributed by atoms with Crippen molar-refractivity contribution in [2.45, 2.75) is 0 Å². The number of thiophene rings is 1. The molecule has 1 N–H and O–H groups in total. The number of fused-ring (bicyclic) bond motifs is 1. The van der Waals surface area contributed by atoms with Crippen molar-refractivity contribution in [1.82, 2.24) is 20.2 Å². The van der Waals surface area contributed by atoms with Gasteiger partial charge in [-0.05, 0) is 18.5 Å². The van der Waals surface area contributed by atoms with Gasteiger partial charge in [-0.2, -0.15) is 11.3 Å². The van der Waals surface area contributed by atoms with Crippen molar-refractivity contribution in [3.8, 4) is 0 Å². The van der Waals surface area contributed by atoms with E-state index in [1.54, 1.807) is 17.7 Å². The first-order valence-electron chi connectivity index (χ1n) is 7.23. The second-order valence-corrected chi connectivity index (χ2v) is 6.18. The Morgan fingerprint density at radius 2 is 2.05 bits per heavy atom. The zero-order chi connectivity index (χ0) is 14.9. The molecule has 0 saturated carbocycles. The molecule has 0 aliphatic carbocycles. The number of aliphatic imine (C=N–C) groups is 1. The van der Waals surface area contributed by atoms with Gasteiger partial charge in [-0.25, -0.2) is 10.0 Å². The Kier molecular flexibility index (Phi) is 3.39. The topological polar surface area (TPSA) is 58.8 Å². The molecule has 22 heavy (non-hydrogen) atoms. The standard InChI is InChI=1S/C14H17N7S/c1-19-3-5-20(6-4-19)13-14-18-16-10-17-21(14)12(8-15-13)11-2-7-22-9-11/h2,7-10H,3-6H2,1H3,(H,16,17). The van der Waals surface area contributed by atoms with E-state index in [1.165, 1.54) is 0 Å². The van der Waals surface area contributed by atoms with E-state index in [4.69, 9.17) is 0 Å². The smallest absolute Gasteiger partial charge is 0.217 e. The van der Waals surface area contributed by atoms with Crippen LogP contribution in [0.15, 0.2) is 38.2 Å². The molecule has 1 aromatic rings. The number of nitrogens with one attached hydrogen (secondary N) is 1. The normalized spacial score (nSPS) is 21.8. The number of hydrazine groups is 1. The number of likely N-dealkylation sites (N-methyl/N-ethyl adjacent to an activating group) is 1. The Bertz CT molecular complexity index is 665. The molecule has 1 aromatic heterocycles. The summed E-state index contributed by atoms with van der Waals surface area (Å²) in [4.78, 5) is 9.28. The Morgan fingerprint density at radius 1 is 1.18 bits per heavy atom. The van der Waals surface area contributed by atoms with Gasteiger partial charge in [0.05, 0.1) is 11.9 Å². The van der Waals surface area contributed by atoms with Gasteiger partial charge in [0.2, 0.25) is 5.84 Å². The monoisotopic (exact) mass is 315 g/mol. The van der Waals surface area contributed by atoms with Crippen LogP contribution < -0.4 is 5.43 Å². The lowest BCUT2D eigenvalue weighted by atomic mass is 10.2. The summed E-state index contributed by atoms with van der Waals surface area (Å²) in [5.74, 6) is 1.65. The van der Waals surface area contributed by atoms with Gasteiger partial charge in [0.25, 0.3) is 0 Å². The molecule has 4 heterocycles. The fourth-order valence-corrected chi connectivity index (χ4v) is 3.34. The first kappa shape index (κ1) is 13.5. The highest BCUT2D eigenvalue weighted by Crippen LogP contribution is 2.25. The molecule has 114 valence electrons. The average molecular weight is 315 g/mol. The second kappa shape index (κ2) is 5.54. The van der Waals surface area contributed by atoms with Crippen molar-refractivity contribution < 1.29 is 0 Å². The summed E-state index contributed by atoms with van der Waals surface area (Å²) in [6, 6.07) is 2.08. The number of piperazine rings is 1. The number of hydrogen-bond acceptors (Lipinski definition) is 8. The van der Waals surface area contributed by atoms with Crippen LogP contribution in [0.5, 0.6) is 0 Å². The minimum atomic E-state index is 0.760. The van der Waals surface area contributed by atoms with Crippen molar-refractivity contribution in [2.24, 2.45) is 15.2 Å². The van der Waals surface area contributed by atoms with E-state index in [1.807, 2.05) is 11.2 Å². The first-order valence-corrected chi connectivity index (χ1v) is 8.17. The molecule has 7 nitrogen and oxygen atoms in total. The van der Waals surface area contributed by atoms with Crippen molar-refractivity contribution in [3.05, 3.63) is 28.6 Å². The molecule has 0 atom stereocenters. The van der Waals surface area contributed by atoms with E-state index in [0.29, 0.717) is 0 Å². The second-order valence-electron chi connectivity index (χ2n) is 5.40. The Labute approximate surface area is 132 Å². The third-order valence-electron chi connectivity index (χ3n) is 3.98. The summed E-state index contributed by atoms with van der Waals surface area (Å²) >= 11 is 1.67. The molecule has 0 amide bonds. The lowest BCUT2D eigenvalue weighted by Crippen LogP contribution is -2.56. The van der Waals surface area contributed by atoms with E-state index in [9.17, 15) is 0 Å². The lowest BCUT2D eigenvalue weighted by Gasteiger charge is -2.38. The Hall–Kier alpha value is -2.19. The van der Waals surface area contributed by atoms with Crippen LogP contribution in [-0.4, -0.2) is 66.0 Å². The maximum Gasteiger partial charge on any atom is 0.217 e. The average Bonchev–Trinajstić information content (AvgIpc) is 3.09. The summed E-state index contributed by atoms with van der Waals surface area (Å²) in [7, 11) is 2.14. The number of rotatable bonds is 1. The van der Waals surface area contributed by atoms with Gasteiger partial charge in [0.1, 0.15) is 6.34 Å². The molecule has 0 aromatic carbocycles. The van der Waals surface area contributed by atoms with Crippen LogP contribution >= 0.6 is 11.3 Å². The third-order valence-corrected chi connectivity index (χ3v) is 4.66. The minimum Gasteiger partial charge on any atom is -0.351 e. The zero-order valence-electron chi connectivity index (χ0n) is 12.3. The van der Waals surface area contributed by atoms with Crippen LogP contribution in [0.25, 0.3) is 5.70 Å². The highest BCUT2D eigenvalue weighted by atomic mass is 32.1. The molecule has 8 heteroatoms. The maximum atomic E-state index is 4.68. The molecule has 3 aliphatic rings. The fraction of sp³-hybridized carbons (Fsp3) is 0.357. The van der Waals surface area contributed by atoms with Crippen LogP contribution in [-0.2, 0) is 0 Å². The van der Waals surface area contributed by atoms with Crippen molar-refractivity contribution in [2.75, 3.05) is 33.2 Å². The van der Waals surface area contributed by atoms with E-state index in [0.717, 1.165) is 49.1 Å². The molecule has 0 radical (unpaired) electrons. The quantitative estimate of drug-likeness (QED) is 0.835. The van der Waals surface area contributed by atoms with Gasteiger partial charge in [0, 0.05) is 37.1 Å². The van der Waals surface area contributed by atoms with Gasteiger partial charge < -0.3 is 9.80 Å². The molecular formula is C14H17N7S. The van der Waals surface area contributed by atoms with Crippen LogP contribution in [0.3, 0.4) is 0 Å². The van der Waals surface area contributed by atoms with Gasteiger partial charge in [-0.3, -0.25) is 5.43 Å². The molecule has 4 rings (SSSR count). The predicted molar refractivity (Wildman–Crippen MR) is 89.7 cm³/mol. The zero-order valence-corrected chi connectivity index (χ0v) is 13.1. The molecule has 3 aliphatic heterocycles. The van der Waals surface area contributed by atoms with E-state index < -0.39 is 0 Å². The van der Waals surface area contributed by atoms with E-state index >= 15 is 0 Å². The molecular weight excluding hydrogens is 298 g/mol. The summed E-state index contributed by atoms with van der Waals surface area (Å²) in [5.41, 5.74) is 5.28. The molecule has 0 unspecified atom stereocenters. The highest BCUT2D eigenvalue weighted by molar-refractivity contribution is 7.08. The molecule has 0 bridgehead atoms. The van der Waals surface area contributed by atoms with E-state index in [2.05, 4.69) is 54.3 Å². The molecule has 0 spiro atoms.